The van der Waals surface area contributed by atoms with E-state index in [1.54, 1.807) is 0 Å². The average Bonchev–Trinajstić information content (AvgIpc) is 3.13. The van der Waals surface area contributed by atoms with Crippen molar-refractivity contribution >= 4 is 15.7 Å². The van der Waals surface area contributed by atoms with Crippen molar-refractivity contribution < 1.29 is 48.8 Å². The molecule has 2 heterocycles. The minimum Gasteiger partial charge on any atom is -0.480 e. The molecule has 2 unspecified atom stereocenters. The zero-order valence-electron chi connectivity index (χ0n) is 18.3. The number of hydrogen-bond acceptors (Lipinski definition) is 7. The zero-order chi connectivity index (χ0) is 26.0. The lowest BCUT2D eigenvalue weighted by atomic mass is 10.1. The molecule has 1 aromatic carbocycles. The third-order valence-corrected chi connectivity index (χ3v) is 7.96. The maximum absolute atomic E-state index is 13.3. The van der Waals surface area contributed by atoms with Crippen LogP contribution in [0.5, 0.6) is 5.75 Å². The van der Waals surface area contributed by atoms with E-state index >= 15 is 0 Å². The number of fused-ring (bicyclic) bond motifs is 1. The van der Waals surface area contributed by atoms with Crippen molar-refractivity contribution in [3.05, 3.63) is 35.5 Å². The summed E-state index contributed by atoms with van der Waals surface area (Å²) in [6.07, 6.45) is -11.5. The Balaban J connectivity index is 1.64. The van der Waals surface area contributed by atoms with Crippen molar-refractivity contribution in [2.45, 2.75) is 49.0 Å². The second kappa shape index (κ2) is 8.10. The van der Waals surface area contributed by atoms with Gasteiger partial charge in [0.15, 0.2) is 21.8 Å². The highest BCUT2D eigenvalue weighted by Gasteiger charge is 2.65. The summed E-state index contributed by atoms with van der Waals surface area (Å²) in [6.45, 7) is 2.05. The highest BCUT2D eigenvalue weighted by atomic mass is 32.2. The number of likely N-dealkylation sites (tertiary alicyclic amines) is 1. The number of ether oxygens (including phenoxy) is 1. The van der Waals surface area contributed by atoms with E-state index in [0.29, 0.717) is 6.42 Å². The first-order valence-electron chi connectivity index (χ1n) is 10.4. The molecule has 2 aromatic rings. The topological polar surface area (TPSA) is 103 Å². The van der Waals surface area contributed by atoms with E-state index in [1.165, 1.54) is 11.8 Å². The van der Waals surface area contributed by atoms with Gasteiger partial charge in [0.25, 0.3) is 5.91 Å². The van der Waals surface area contributed by atoms with Crippen molar-refractivity contribution in [1.29, 1.82) is 0 Å². The first kappa shape index (κ1) is 25.3. The third kappa shape index (κ3) is 4.57. The van der Waals surface area contributed by atoms with Gasteiger partial charge in [-0.15, -0.1) is 0 Å². The second-order valence-electron chi connectivity index (χ2n) is 8.53. The van der Waals surface area contributed by atoms with Gasteiger partial charge in [-0.05, 0) is 37.5 Å². The Morgan fingerprint density at radius 1 is 1.29 bits per heavy atom. The van der Waals surface area contributed by atoms with E-state index in [2.05, 4.69) is 14.7 Å². The zero-order valence-corrected chi connectivity index (χ0v) is 19.1. The predicted octanol–water partition coefficient (Wildman–Crippen LogP) is 3.63. The number of piperidine rings is 1. The molecule has 0 bridgehead atoms. The van der Waals surface area contributed by atoms with Gasteiger partial charge >= 0.3 is 18.2 Å². The number of benzene rings is 1. The van der Waals surface area contributed by atoms with Gasteiger partial charge in [0.05, 0.1) is 21.6 Å². The molecule has 3 atom stereocenters. The van der Waals surface area contributed by atoms with Gasteiger partial charge < -0.3 is 14.2 Å². The van der Waals surface area contributed by atoms with Crippen molar-refractivity contribution in [2.24, 2.45) is 5.92 Å². The lowest BCUT2D eigenvalue weighted by Gasteiger charge is -2.24. The molecule has 1 saturated heterocycles. The molecular formula is C20H19F6N3O5S. The van der Waals surface area contributed by atoms with E-state index in [9.17, 15) is 39.6 Å². The van der Waals surface area contributed by atoms with Crippen LogP contribution in [0.4, 0.5) is 26.3 Å². The van der Waals surface area contributed by atoms with E-state index in [-0.39, 0.29) is 35.5 Å². The Hall–Kier alpha value is -2.84. The van der Waals surface area contributed by atoms with Crippen LogP contribution >= 0.6 is 0 Å². The standard InChI is InChI=1S/C20H19F6N3O5S/c1-3-35(31,32)12-4-5-14(33-10(2)19(21,22)23)13(6-12)15(30)29-8-11-7-18(11,9-29)16-27-17(34-28-16)20(24,25)26/h4-6,10-11H,3,7-9H2,1-2H3/t10-,11?,18?/m0/s1. The van der Waals surface area contributed by atoms with Crippen molar-refractivity contribution in [3.8, 4) is 5.75 Å². The predicted molar refractivity (Wildman–Crippen MR) is 105 cm³/mol. The minimum atomic E-state index is -4.84. The number of nitrogens with zero attached hydrogens (tertiary/aromatic N) is 3. The first-order valence-corrected chi connectivity index (χ1v) is 12.0. The summed E-state index contributed by atoms with van der Waals surface area (Å²) in [5.41, 5.74) is -1.38. The number of amides is 1. The van der Waals surface area contributed by atoms with Crippen molar-refractivity contribution in [3.63, 3.8) is 0 Å². The van der Waals surface area contributed by atoms with Gasteiger partial charge in [-0.25, -0.2) is 8.42 Å². The number of alkyl halides is 6. The molecule has 1 amide bonds. The van der Waals surface area contributed by atoms with E-state index in [4.69, 9.17) is 4.74 Å². The van der Waals surface area contributed by atoms with Crippen LogP contribution in [-0.2, 0) is 21.4 Å². The Labute approximate surface area is 195 Å². The minimum absolute atomic E-state index is 0.0632. The SMILES string of the molecule is CCS(=O)(=O)c1ccc(O[C@@H](C)C(F)(F)F)c(C(=O)N2CC3CC3(c3noc(C(F)(F)F)n3)C2)c1. The number of sulfone groups is 1. The summed E-state index contributed by atoms with van der Waals surface area (Å²) in [6, 6.07) is 2.99. The molecule has 8 nitrogen and oxygen atoms in total. The van der Waals surface area contributed by atoms with Crippen LogP contribution in [0, 0.1) is 5.92 Å². The summed E-state index contributed by atoms with van der Waals surface area (Å²) in [4.78, 5) is 17.6. The van der Waals surface area contributed by atoms with Crippen LogP contribution in [0.15, 0.2) is 27.6 Å². The largest absolute Gasteiger partial charge is 0.480 e. The van der Waals surface area contributed by atoms with E-state index in [0.717, 1.165) is 25.1 Å². The van der Waals surface area contributed by atoms with Gasteiger partial charge in [-0.2, -0.15) is 31.3 Å². The molecule has 1 aliphatic heterocycles. The number of halogens is 6. The molecule has 0 N–H and O–H groups in total. The molecule has 1 aliphatic carbocycles. The van der Waals surface area contributed by atoms with Crippen LogP contribution in [0.3, 0.4) is 0 Å². The monoisotopic (exact) mass is 527 g/mol. The molecule has 1 saturated carbocycles. The summed E-state index contributed by atoms with van der Waals surface area (Å²) >= 11 is 0. The number of hydrogen-bond donors (Lipinski definition) is 0. The smallest absolute Gasteiger partial charge is 0.471 e. The summed E-state index contributed by atoms with van der Waals surface area (Å²) in [5, 5.41) is 3.41. The first-order chi connectivity index (χ1) is 16.1. The fraction of sp³-hybridized carbons (Fsp3) is 0.550. The number of rotatable bonds is 6. The quantitative estimate of drug-likeness (QED) is 0.529. The normalized spacial score (nSPS) is 23.2. The van der Waals surface area contributed by atoms with Gasteiger partial charge in [0.1, 0.15) is 5.75 Å². The van der Waals surface area contributed by atoms with E-state index in [1.807, 2.05) is 0 Å². The molecule has 1 aromatic heterocycles. The summed E-state index contributed by atoms with van der Waals surface area (Å²) in [5.74, 6) is -3.63. The molecule has 35 heavy (non-hydrogen) atoms. The number of carbonyl (C=O) groups excluding carboxylic acids is 1. The molecular weight excluding hydrogens is 508 g/mol. The van der Waals surface area contributed by atoms with Gasteiger partial charge in [0, 0.05) is 13.1 Å². The van der Waals surface area contributed by atoms with E-state index < -0.39 is 56.8 Å². The maximum atomic E-state index is 13.3. The Bertz CT molecular complexity index is 1260. The molecule has 4 rings (SSSR count). The second-order valence-corrected chi connectivity index (χ2v) is 10.8. The molecule has 15 heteroatoms. The lowest BCUT2D eigenvalue weighted by Crippen LogP contribution is -2.35. The molecule has 192 valence electrons. The number of carbonyl (C=O) groups is 1. The van der Waals surface area contributed by atoms with Gasteiger partial charge in [-0.1, -0.05) is 12.1 Å². The highest BCUT2D eigenvalue weighted by Crippen LogP contribution is 2.58. The van der Waals surface area contributed by atoms with Gasteiger partial charge in [-0.3, -0.25) is 4.79 Å². The summed E-state index contributed by atoms with van der Waals surface area (Å²) in [7, 11) is -3.81. The molecule has 0 radical (unpaired) electrons. The third-order valence-electron chi connectivity index (χ3n) is 6.23. The average molecular weight is 527 g/mol. The fourth-order valence-corrected chi connectivity index (χ4v) is 5.00. The van der Waals surface area contributed by atoms with Crippen molar-refractivity contribution in [2.75, 3.05) is 18.8 Å². The Kier molecular flexibility index (Phi) is 5.84. The van der Waals surface area contributed by atoms with Crippen LogP contribution in [0.1, 0.15) is 42.3 Å². The van der Waals surface area contributed by atoms with Gasteiger partial charge in [0.2, 0.25) is 0 Å². The van der Waals surface area contributed by atoms with Crippen LogP contribution < -0.4 is 4.74 Å². The molecule has 2 aliphatic rings. The van der Waals surface area contributed by atoms with Crippen molar-refractivity contribution in [1.82, 2.24) is 15.0 Å². The molecule has 2 fully saturated rings. The lowest BCUT2D eigenvalue weighted by molar-refractivity contribution is -0.189. The molecule has 0 spiro atoms. The van der Waals surface area contributed by atoms with Crippen LogP contribution in [0.2, 0.25) is 0 Å². The van der Waals surface area contributed by atoms with Crippen LogP contribution in [0.25, 0.3) is 0 Å². The van der Waals surface area contributed by atoms with Crippen LogP contribution in [-0.4, -0.2) is 60.5 Å². The maximum Gasteiger partial charge on any atom is 0.471 e. The fourth-order valence-electron chi connectivity index (χ4n) is 4.09. The number of aromatic nitrogens is 2. The Morgan fingerprint density at radius 3 is 2.54 bits per heavy atom. The highest BCUT2D eigenvalue weighted by molar-refractivity contribution is 7.91. The Morgan fingerprint density at radius 2 is 1.97 bits per heavy atom. The summed E-state index contributed by atoms with van der Waals surface area (Å²) < 4.78 is 112.